The van der Waals surface area contributed by atoms with Gasteiger partial charge in [0.15, 0.2) is 0 Å². The van der Waals surface area contributed by atoms with Crippen molar-refractivity contribution in [2.24, 2.45) is 9.98 Å². The van der Waals surface area contributed by atoms with Crippen molar-refractivity contribution in [3.8, 4) is 0 Å². The summed E-state index contributed by atoms with van der Waals surface area (Å²) in [5.41, 5.74) is 7.98. The quantitative estimate of drug-likeness (QED) is 0.169. The number of fused-ring (bicyclic) bond motifs is 1. The fourth-order valence-electron chi connectivity index (χ4n) is 4.54. The molecule has 0 atom stereocenters. The number of hydrogen-bond donors (Lipinski definition) is 0. The Labute approximate surface area is 248 Å². The van der Waals surface area contributed by atoms with Gasteiger partial charge in [0, 0.05) is 5.39 Å². The van der Waals surface area contributed by atoms with Crippen LogP contribution in [0.25, 0.3) is 10.8 Å². The Balaban J connectivity index is 0.00000134. The van der Waals surface area contributed by atoms with E-state index in [2.05, 4.69) is 115 Å². The minimum atomic E-state index is 0.00140. The van der Waals surface area contributed by atoms with Crippen LogP contribution in [0.4, 0.5) is 11.4 Å². The number of para-hydroxylation sites is 2. The molecule has 0 spiro atoms. The maximum absolute atomic E-state index is 5.12. The van der Waals surface area contributed by atoms with Gasteiger partial charge in [0.1, 0.15) is 0 Å². The van der Waals surface area contributed by atoms with Crippen molar-refractivity contribution in [1.29, 1.82) is 0 Å². The zero-order valence-corrected chi connectivity index (χ0v) is 26.6. The van der Waals surface area contributed by atoms with Crippen molar-refractivity contribution in [2.45, 2.75) is 66.2 Å². The summed E-state index contributed by atoms with van der Waals surface area (Å²) in [5.74, 6) is 0. The molecule has 206 valence electrons. The second-order valence-corrected chi connectivity index (χ2v) is 13.4. The van der Waals surface area contributed by atoms with Crippen LogP contribution >= 0.6 is 20.2 Å². The van der Waals surface area contributed by atoms with E-state index in [0.717, 1.165) is 45.0 Å². The standard InChI is InChI=1S/C33H37N3.2ClH.Fe/c1-22(34-28-19-13-11-17-26(28)32(3,4)5)30-21-24-15-9-10-16-25(24)31(36-30)23(2)35-29-20-14-12-18-27(29)33(6,7)8;;;/h9-21H,1-8H3;2*1H;/q;;;+2/p-2. The van der Waals surface area contributed by atoms with Crippen molar-refractivity contribution in [1.82, 2.24) is 4.98 Å². The first kappa shape index (κ1) is 31.0. The van der Waals surface area contributed by atoms with E-state index < -0.39 is 0 Å². The van der Waals surface area contributed by atoms with Crippen LogP contribution in [0.3, 0.4) is 0 Å². The summed E-state index contributed by atoms with van der Waals surface area (Å²) in [7, 11) is 9.53. The molecule has 0 radical (unpaired) electrons. The Morgan fingerprint density at radius 3 is 1.62 bits per heavy atom. The van der Waals surface area contributed by atoms with Gasteiger partial charge in [-0.05, 0) is 59.4 Å². The number of nitrogens with zero attached hydrogens (tertiary/aromatic N) is 3. The predicted octanol–water partition coefficient (Wildman–Crippen LogP) is 10.5. The average Bonchev–Trinajstić information content (AvgIpc) is 2.88. The zero-order valence-electron chi connectivity index (χ0n) is 24.0. The van der Waals surface area contributed by atoms with Gasteiger partial charge in [0.05, 0.1) is 34.2 Å². The minimum absolute atomic E-state index is 0.00140. The van der Waals surface area contributed by atoms with Gasteiger partial charge < -0.3 is 0 Å². The summed E-state index contributed by atoms with van der Waals surface area (Å²) in [5, 5.41) is 2.23. The number of pyridine rings is 1. The van der Waals surface area contributed by atoms with Crippen molar-refractivity contribution in [3.63, 3.8) is 0 Å². The molecule has 0 aliphatic carbocycles. The predicted molar refractivity (Wildman–Crippen MR) is 167 cm³/mol. The van der Waals surface area contributed by atoms with Crippen LogP contribution in [0.1, 0.15) is 77.9 Å². The molecule has 3 aromatic carbocycles. The van der Waals surface area contributed by atoms with Crippen LogP contribution in [0.15, 0.2) is 88.8 Å². The van der Waals surface area contributed by atoms with Gasteiger partial charge in [-0.25, -0.2) is 4.98 Å². The number of aliphatic imine (C=N–C) groups is 2. The molecule has 1 heterocycles. The van der Waals surface area contributed by atoms with Gasteiger partial charge in [-0.3, -0.25) is 9.98 Å². The Hall–Kier alpha value is -2.49. The summed E-state index contributed by atoms with van der Waals surface area (Å²) in [4.78, 5) is 15.3. The first-order chi connectivity index (χ1) is 18.4. The van der Waals surface area contributed by atoms with E-state index in [1.165, 1.54) is 11.1 Å². The van der Waals surface area contributed by atoms with Crippen LogP contribution in [0.2, 0.25) is 0 Å². The summed E-state index contributed by atoms with van der Waals surface area (Å²) < 4.78 is 0. The van der Waals surface area contributed by atoms with Crippen LogP contribution < -0.4 is 0 Å². The SMILES string of the molecule is CC(=Nc1ccccc1C(C)(C)C)c1cc2ccccc2c(C(C)=Nc2ccccc2C(C)(C)C)n1.[Cl][Fe][Cl]. The van der Waals surface area contributed by atoms with E-state index in [9.17, 15) is 0 Å². The van der Waals surface area contributed by atoms with E-state index >= 15 is 0 Å². The molecule has 1 aromatic heterocycles. The molecule has 6 heteroatoms. The summed E-state index contributed by atoms with van der Waals surface area (Å²) in [6.07, 6.45) is 0. The first-order valence-corrected chi connectivity index (χ1v) is 16.0. The molecule has 0 unspecified atom stereocenters. The van der Waals surface area contributed by atoms with Crippen LogP contribution in [0.5, 0.6) is 0 Å². The van der Waals surface area contributed by atoms with Gasteiger partial charge >= 0.3 is 33.3 Å². The Bertz CT molecular complexity index is 1500. The van der Waals surface area contributed by atoms with E-state index in [0.29, 0.717) is 0 Å². The molecule has 0 amide bonds. The van der Waals surface area contributed by atoms with Gasteiger partial charge in [0.2, 0.25) is 0 Å². The van der Waals surface area contributed by atoms with Gasteiger partial charge in [-0.2, -0.15) is 0 Å². The molecule has 0 aliphatic rings. The third kappa shape index (κ3) is 8.02. The number of rotatable bonds is 4. The van der Waals surface area contributed by atoms with E-state index in [1.54, 1.807) is 0 Å². The summed E-state index contributed by atoms with van der Waals surface area (Å²) in [6.45, 7) is 17.4. The third-order valence-corrected chi connectivity index (χ3v) is 6.45. The molecule has 4 aromatic rings. The van der Waals surface area contributed by atoms with Crippen LogP contribution in [-0.2, 0) is 24.0 Å². The second kappa shape index (κ2) is 13.2. The number of benzene rings is 3. The molecule has 0 bridgehead atoms. The number of halogens is 2. The van der Waals surface area contributed by atoms with Crippen molar-refractivity contribution in [2.75, 3.05) is 0 Å². The fourth-order valence-corrected chi connectivity index (χ4v) is 4.54. The molecule has 0 aliphatic heterocycles. The topological polar surface area (TPSA) is 37.6 Å². The average molecular weight is 602 g/mol. The Kier molecular flexibility index (Phi) is 10.5. The molecular formula is C33H37Cl2FeN3. The molecule has 0 saturated heterocycles. The van der Waals surface area contributed by atoms with Gasteiger partial charge in [0.25, 0.3) is 0 Å². The molecule has 0 saturated carbocycles. The van der Waals surface area contributed by atoms with Crippen molar-refractivity contribution in [3.05, 3.63) is 101 Å². The Morgan fingerprint density at radius 1 is 0.667 bits per heavy atom. The second-order valence-electron chi connectivity index (χ2n) is 11.6. The molecule has 0 N–H and O–H groups in total. The van der Waals surface area contributed by atoms with Crippen molar-refractivity contribution < 1.29 is 13.1 Å². The molecule has 39 heavy (non-hydrogen) atoms. The molecular weight excluding hydrogens is 565 g/mol. The van der Waals surface area contributed by atoms with Crippen molar-refractivity contribution >= 4 is 53.8 Å². The van der Waals surface area contributed by atoms with Crippen LogP contribution in [0, 0.1) is 0 Å². The summed E-state index contributed by atoms with van der Waals surface area (Å²) in [6, 6.07) is 27.3. The third-order valence-electron chi connectivity index (χ3n) is 6.45. The first-order valence-electron chi connectivity index (χ1n) is 12.9. The monoisotopic (exact) mass is 601 g/mol. The number of hydrogen-bond acceptors (Lipinski definition) is 3. The van der Waals surface area contributed by atoms with E-state index in [1.807, 2.05) is 19.1 Å². The molecule has 0 fully saturated rings. The molecule has 3 nitrogen and oxygen atoms in total. The molecule has 4 rings (SSSR count). The van der Waals surface area contributed by atoms with Gasteiger partial charge in [-0.1, -0.05) is 102 Å². The Morgan fingerprint density at radius 2 is 1.10 bits per heavy atom. The maximum atomic E-state index is 5.12. The normalized spacial score (nSPS) is 12.9. The van der Waals surface area contributed by atoms with E-state index in [-0.39, 0.29) is 24.0 Å². The van der Waals surface area contributed by atoms with Gasteiger partial charge in [-0.15, -0.1) is 0 Å². The fraction of sp³-hybridized carbons (Fsp3) is 0.303. The number of aromatic nitrogens is 1. The van der Waals surface area contributed by atoms with Crippen LogP contribution in [-0.4, -0.2) is 16.4 Å². The summed E-state index contributed by atoms with van der Waals surface area (Å²) >= 11 is 0.194. The van der Waals surface area contributed by atoms with E-state index in [4.69, 9.17) is 35.2 Å². The zero-order chi connectivity index (χ0) is 28.8.